The van der Waals surface area contributed by atoms with Crippen LogP contribution >= 0.6 is 0 Å². The summed E-state index contributed by atoms with van der Waals surface area (Å²) in [4.78, 5) is 6.92. The first-order valence-electron chi connectivity index (χ1n) is 9.60. The second-order valence-corrected chi connectivity index (χ2v) is 6.93. The van der Waals surface area contributed by atoms with Crippen LogP contribution in [0.15, 0.2) is 54.2 Å². The molecule has 160 valence electrons. The fraction of sp³-hybridized carbons (Fsp3) is 0.381. The first-order valence-corrected chi connectivity index (χ1v) is 9.60. The minimum Gasteiger partial charge on any atom is -0.493 e. The zero-order chi connectivity index (χ0) is 21.4. The number of ether oxygens (including phenoxy) is 1. The van der Waals surface area contributed by atoms with E-state index in [1.165, 1.54) is 6.07 Å². The number of alkyl halides is 3. The van der Waals surface area contributed by atoms with Crippen LogP contribution in [0.1, 0.15) is 24.1 Å². The lowest BCUT2D eigenvalue weighted by Gasteiger charge is -2.33. The van der Waals surface area contributed by atoms with Crippen LogP contribution in [0.5, 0.6) is 5.75 Å². The SMILES string of the molecule is C=CCON=Cc1ccc(OCC2CCCN(c3ccc(C(F)(F)F)nn3)C2)cc1. The van der Waals surface area contributed by atoms with E-state index in [0.717, 1.165) is 36.8 Å². The highest BCUT2D eigenvalue weighted by molar-refractivity contribution is 5.79. The number of piperidine rings is 1. The van der Waals surface area contributed by atoms with E-state index < -0.39 is 11.9 Å². The molecule has 9 heteroatoms. The van der Waals surface area contributed by atoms with Crippen LogP contribution in [0.3, 0.4) is 0 Å². The van der Waals surface area contributed by atoms with E-state index in [9.17, 15) is 13.2 Å². The van der Waals surface area contributed by atoms with Crippen LogP contribution in [0, 0.1) is 5.92 Å². The summed E-state index contributed by atoms with van der Waals surface area (Å²) in [5.41, 5.74) is -0.0972. The molecule has 0 aliphatic carbocycles. The summed E-state index contributed by atoms with van der Waals surface area (Å²) in [5, 5.41) is 10.9. The Balaban J connectivity index is 1.50. The Morgan fingerprint density at radius 1 is 1.17 bits per heavy atom. The quantitative estimate of drug-likeness (QED) is 0.275. The van der Waals surface area contributed by atoms with Gasteiger partial charge in [0.1, 0.15) is 12.4 Å². The minimum atomic E-state index is -4.48. The zero-order valence-electron chi connectivity index (χ0n) is 16.4. The van der Waals surface area contributed by atoms with Crippen molar-refractivity contribution in [2.24, 2.45) is 11.1 Å². The summed E-state index contributed by atoms with van der Waals surface area (Å²) in [6.07, 6.45) is 0.638. The number of nitrogens with zero attached hydrogens (tertiary/aromatic N) is 4. The van der Waals surface area contributed by atoms with Gasteiger partial charge >= 0.3 is 6.18 Å². The molecule has 2 heterocycles. The van der Waals surface area contributed by atoms with Gasteiger partial charge in [-0.2, -0.15) is 13.2 Å². The molecule has 6 nitrogen and oxygen atoms in total. The van der Waals surface area contributed by atoms with E-state index in [2.05, 4.69) is 21.9 Å². The van der Waals surface area contributed by atoms with Gasteiger partial charge in [-0.05, 0) is 54.8 Å². The van der Waals surface area contributed by atoms with Crippen LogP contribution < -0.4 is 9.64 Å². The summed E-state index contributed by atoms with van der Waals surface area (Å²) >= 11 is 0. The molecule has 1 fully saturated rings. The maximum atomic E-state index is 12.7. The molecule has 1 saturated heterocycles. The second kappa shape index (κ2) is 10.1. The lowest BCUT2D eigenvalue weighted by Crippen LogP contribution is -2.38. The zero-order valence-corrected chi connectivity index (χ0v) is 16.4. The molecule has 0 N–H and O–H groups in total. The molecule has 1 aliphatic heterocycles. The highest BCUT2D eigenvalue weighted by Gasteiger charge is 2.33. The maximum Gasteiger partial charge on any atom is 0.435 e. The molecule has 0 bridgehead atoms. The fourth-order valence-corrected chi connectivity index (χ4v) is 3.11. The van der Waals surface area contributed by atoms with Crippen LogP contribution in [0.25, 0.3) is 0 Å². The molecular formula is C21H23F3N4O2. The first kappa shape index (κ1) is 21.6. The van der Waals surface area contributed by atoms with Crippen molar-refractivity contribution >= 4 is 12.0 Å². The van der Waals surface area contributed by atoms with Crippen molar-refractivity contribution in [1.29, 1.82) is 0 Å². The van der Waals surface area contributed by atoms with E-state index in [0.29, 0.717) is 25.6 Å². The van der Waals surface area contributed by atoms with Crippen molar-refractivity contribution in [3.05, 3.63) is 60.3 Å². The van der Waals surface area contributed by atoms with Gasteiger partial charge in [0.2, 0.25) is 0 Å². The highest BCUT2D eigenvalue weighted by Crippen LogP contribution is 2.28. The maximum absolute atomic E-state index is 12.7. The molecule has 3 rings (SSSR count). The number of rotatable bonds is 8. The lowest BCUT2D eigenvalue weighted by atomic mass is 9.99. The van der Waals surface area contributed by atoms with Crippen molar-refractivity contribution in [3.63, 3.8) is 0 Å². The number of oxime groups is 1. The Morgan fingerprint density at radius 3 is 2.63 bits per heavy atom. The number of aromatic nitrogens is 2. The molecule has 30 heavy (non-hydrogen) atoms. The molecule has 2 aromatic rings. The van der Waals surface area contributed by atoms with Gasteiger partial charge in [-0.25, -0.2) is 0 Å². The molecular weight excluding hydrogens is 397 g/mol. The Morgan fingerprint density at radius 2 is 1.97 bits per heavy atom. The largest absolute Gasteiger partial charge is 0.493 e. The van der Waals surface area contributed by atoms with Crippen LogP contribution in [0.4, 0.5) is 19.0 Å². The van der Waals surface area contributed by atoms with E-state index in [1.807, 2.05) is 29.2 Å². The van der Waals surface area contributed by atoms with Crippen molar-refractivity contribution in [2.45, 2.75) is 19.0 Å². The van der Waals surface area contributed by atoms with E-state index >= 15 is 0 Å². The average molecular weight is 420 g/mol. The monoisotopic (exact) mass is 420 g/mol. The van der Waals surface area contributed by atoms with Gasteiger partial charge in [-0.15, -0.1) is 10.2 Å². The standard InChI is InChI=1S/C21H23F3N4O2/c1-2-12-30-25-13-16-5-7-18(8-6-16)29-15-17-4-3-11-28(14-17)20-10-9-19(26-27-20)21(22,23)24/h2,5-10,13,17H,1,3-4,11-12,14-15H2. The van der Waals surface area contributed by atoms with Gasteiger partial charge in [0, 0.05) is 19.0 Å². The van der Waals surface area contributed by atoms with Gasteiger partial charge in [-0.3, -0.25) is 0 Å². The van der Waals surface area contributed by atoms with Gasteiger partial charge < -0.3 is 14.5 Å². The number of hydrogen-bond acceptors (Lipinski definition) is 6. The van der Waals surface area contributed by atoms with Crippen LogP contribution in [-0.2, 0) is 11.0 Å². The topological polar surface area (TPSA) is 59.8 Å². The van der Waals surface area contributed by atoms with Crippen molar-refractivity contribution in [2.75, 3.05) is 31.2 Å². The third kappa shape index (κ3) is 6.20. The van der Waals surface area contributed by atoms with Crippen LogP contribution in [-0.4, -0.2) is 42.7 Å². The van der Waals surface area contributed by atoms with Crippen LogP contribution in [0.2, 0.25) is 0 Å². The fourth-order valence-electron chi connectivity index (χ4n) is 3.11. The summed E-state index contributed by atoms with van der Waals surface area (Å²) < 4.78 is 43.9. The Kier molecular flexibility index (Phi) is 7.26. The molecule has 1 unspecified atom stereocenters. The smallest absolute Gasteiger partial charge is 0.435 e. The molecule has 1 aromatic carbocycles. The molecule has 1 aromatic heterocycles. The van der Waals surface area contributed by atoms with E-state index in [-0.39, 0.29) is 5.92 Å². The van der Waals surface area contributed by atoms with Gasteiger partial charge in [0.05, 0.1) is 12.8 Å². The summed E-state index contributed by atoms with van der Waals surface area (Å²) in [6, 6.07) is 9.81. The molecule has 0 spiro atoms. The Labute approximate surface area is 173 Å². The molecule has 1 aliphatic rings. The normalized spacial score (nSPS) is 17.2. The third-order valence-corrected chi connectivity index (χ3v) is 4.62. The molecule has 0 radical (unpaired) electrons. The van der Waals surface area contributed by atoms with Gasteiger partial charge in [-0.1, -0.05) is 17.8 Å². The first-order chi connectivity index (χ1) is 14.5. The van der Waals surface area contributed by atoms with E-state index in [1.54, 1.807) is 12.3 Å². The number of benzene rings is 1. The van der Waals surface area contributed by atoms with Gasteiger partial charge in [0.25, 0.3) is 0 Å². The Bertz CT molecular complexity index is 839. The van der Waals surface area contributed by atoms with Crippen molar-refractivity contribution in [1.82, 2.24) is 10.2 Å². The summed E-state index contributed by atoms with van der Waals surface area (Å²) in [6.45, 7) is 5.81. The lowest BCUT2D eigenvalue weighted by molar-refractivity contribution is -0.141. The molecule has 1 atom stereocenters. The third-order valence-electron chi connectivity index (χ3n) is 4.62. The van der Waals surface area contributed by atoms with Gasteiger partial charge in [0.15, 0.2) is 11.5 Å². The predicted molar refractivity (Wildman–Crippen MR) is 108 cm³/mol. The number of hydrogen-bond donors (Lipinski definition) is 0. The van der Waals surface area contributed by atoms with Crippen molar-refractivity contribution < 1.29 is 22.7 Å². The predicted octanol–water partition coefficient (Wildman–Crippen LogP) is 4.33. The number of anilines is 1. The number of halogens is 3. The second-order valence-electron chi connectivity index (χ2n) is 6.93. The summed E-state index contributed by atoms with van der Waals surface area (Å²) in [5.74, 6) is 1.44. The minimum absolute atomic E-state index is 0.247. The molecule has 0 saturated carbocycles. The van der Waals surface area contributed by atoms with E-state index in [4.69, 9.17) is 9.57 Å². The summed E-state index contributed by atoms with van der Waals surface area (Å²) in [7, 11) is 0. The molecule has 0 amide bonds. The van der Waals surface area contributed by atoms with Crippen molar-refractivity contribution in [3.8, 4) is 5.75 Å². The Hall–Kier alpha value is -3.10. The average Bonchev–Trinajstić information content (AvgIpc) is 2.76. The highest BCUT2D eigenvalue weighted by atomic mass is 19.4.